The van der Waals surface area contributed by atoms with Crippen LogP contribution in [-0.2, 0) is 0 Å². The SMILES string of the molecule is Nc1cc(Br)cc(-c2nc(C3CCC3)no2)c1. The molecule has 2 N–H and O–H groups in total. The average Bonchev–Trinajstić information content (AvgIpc) is 2.62. The van der Waals surface area contributed by atoms with Gasteiger partial charge < -0.3 is 10.3 Å². The zero-order chi connectivity index (χ0) is 11.8. The molecule has 1 aliphatic rings. The van der Waals surface area contributed by atoms with Crippen molar-refractivity contribution in [1.29, 1.82) is 0 Å². The van der Waals surface area contributed by atoms with Gasteiger partial charge in [0.25, 0.3) is 5.89 Å². The van der Waals surface area contributed by atoms with Crippen LogP contribution in [0.15, 0.2) is 27.2 Å². The van der Waals surface area contributed by atoms with Crippen LogP contribution in [0.4, 0.5) is 5.69 Å². The number of halogens is 1. The fraction of sp³-hybridized carbons (Fsp3) is 0.333. The highest BCUT2D eigenvalue weighted by atomic mass is 79.9. The number of hydrogen-bond acceptors (Lipinski definition) is 4. The zero-order valence-corrected chi connectivity index (χ0v) is 10.8. The first-order valence-corrected chi connectivity index (χ1v) is 6.42. The average molecular weight is 294 g/mol. The third kappa shape index (κ3) is 2.07. The molecule has 1 saturated carbocycles. The number of hydrogen-bond donors (Lipinski definition) is 1. The summed E-state index contributed by atoms with van der Waals surface area (Å²) in [6.07, 6.45) is 3.59. The van der Waals surface area contributed by atoms with Gasteiger partial charge >= 0.3 is 0 Å². The summed E-state index contributed by atoms with van der Waals surface area (Å²) >= 11 is 3.40. The lowest BCUT2D eigenvalue weighted by Gasteiger charge is -2.20. The Bertz CT molecular complexity index is 528. The summed E-state index contributed by atoms with van der Waals surface area (Å²) in [5.74, 6) is 1.85. The van der Waals surface area contributed by atoms with Gasteiger partial charge in [-0.15, -0.1) is 0 Å². The van der Waals surface area contributed by atoms with Crippen LogP contribution in [0, 0.1) is 0 Å². The zero-order valence-electron chi connectivity index (χ0n) is 9.19. The number of nitrogens with two attached hydrogens (primary N) is 1. The Morgan fingerprint density at radius 3 is 2.76 bits per heavy atom. The third-order valence-electron chi connectivity index (χ3n) is 3.08. The number of nitrogen functional groups attached to an aromatic ring is 1. The molecule has 0 amide bonds. The van der Waals surface area contributed by atoms with E-state index in [1.54, 1.807) is 0 Å². The van der Waals surface area contributed by atoms with Gasteiger partial charge in [-0.1, -0.05) is 27.5 Å². The molecule has 0 bridgehead atoms. The molecule has 0 saturated heterocycles. The van der Waals surface area contributed by atoms with Crippen molar-refractivity contribution in [3.05, 3.63) is 28.5 Å². The Morgan fingerprint density at radius 2 is 2.12 bits per heavy atom. The molecule has 0 spiro atoms. The van der Waals surface area contributed by atoms with Crippen LogP contribution in [0.5, 0.6) is 0 Å². The molecule has 17 heavy (non-hydrogen) atoms. The molecular formula is C12H12BrN3O. The quantitative estimate of drug-likeness (QED) is 0.863. The van der Waals surface area contributed by atoms with Gasteiger partial charge in [-0.2, -0.15) is 4.98 Å². The standard InChI is InChI=1S/C12H12BrN3O/c13-9-4-8(5-10(14)6-9)12-15-11(16-17-12)7-2-1-3-7/h4-7H,1-3,14H2. The summed E-state index contributed by atoms with van der Waals surface area (Å²) < 4.78 is 6.19. The maximum absolute atomic E-state index is 5.78. The molecule has 1 aromatic heterocycles. The van der Waals surface area contributed by atoms with E-state index in [0.717, 1.165) is 15.9 Å². The summed E-state index contributed by atoms with van der Waals surface area (Å²) in [6.45, 7) is 0. The van der Waals surface area contributed by atoms with Gasteiger partial charge in [0.05, 0.1) is 0 Å². The molecule has 1 heterocycles. The number of benzene rings is 1. The molecule has 2 aromatic rings. The van der Waals surface area contributed by atoms with Gasteiger partial charge in [0.2, 0.25) is 0 Å². The van der Waals surface area contributed by atoms with Crippen LogP contribution in [0.2, 0.25) is 0 Å². The minimum Gasteiger partial charge on any atom is -0.399 e. The van der Waals surface area contributed by atoms with Crippen molar-refractivity contribution in [3.8, 4) is 11.5 Å². The van der Waals surface area contributed by atoms with Crippen molar-refractivity contribution in [1.82, 2.24) is 10.1 Å². The molecule has 3 rings (SSSR count). The topological polar surface area (TPSA) is 64.9 Å². The highest BCUT2D eigenvalue weighted by Gasteiger charge is 2.24. The van der Waals surface area contributed by atoms with Gasteiger partial charge in [-0.05, 0) is 31.0 Å². The number of aromatic nitrogens is 2. The van der Waals surface area contributed by atoms with E-state index < -0.39 is 0 Å². The fourth-order valence-electron chi connectivity index (χ4n) is 1.92. The van der Waals surface area contributed by atoms with Gasteiger partial charge in [0, 0.05) is 21.6 Å². The molecular weight excluding hydrogens is 282 g/mol. The largest absolute Gasteiger partial charge is 0.399 e. The molecule has 0 aliphatic heterocycles. The van der Waals surface area contributed by atoms with Crippen molar-refractivity contribution in [2.45, 2.75) is 25.2 Å². The van der Waals surface area contributed by atoms with Crippen LogP contribution < -0.4 is 5.73 Å². The highest BCUT2D eigenvalue weighted by molar-refractivity contribution is 9.10. The lowest BCUT2D eigenvalue weighted by molar-refractivity contribution is 0.366. The minimum absolute atomic E-state index is 0.483. The van der Waals surface area contributed by atoms with Gasteiger partial charge in [-0.25, -0.2) is 0 Å². The van der Waals surface area contributed by atoms with Crippen LogP contribution >= 0.6 is 15.9 Å². The maximum Gasteiger partial charge on any atom is 0.258 e. The van der Waals surface area contributed by atoms with Crippen molar-refractivity contribution < 1.29 is 4.52 Å². The van der Waals surface area contributed by atoms with Gasteiger partial charge in [0.1, 0.15) is 0 Å². The molecule has 0 atom stereocenters. The van der Waals surface area contributed by atoms with Crippen molar-refractivity contribution >= 4 is 21.6 Å². The van der Waals surface area contributed by atoms with Crippen LogP contribution in [0.1, 0.15) is 31.0 Å². The molecule has 1 aromatic carbocycles. The summed E-state index contributed by atoms with van der Waals surface area (Å²) in [4.78, 5) is 4.43. The van der Waals surface area contributed by atoms with E-state index in [4.69, 9.17) is 10.3 Å². The third-order valence-corrected chi connectivity index (χ3v) is 3.54. The molecule has 0 unspecified atom stereocenters. The van der Waals surface area contributed by atoms with Gasteiger partial charge in [0.15, 0.2) is 5.82 Å². The molecule has 4 nitrogen and oxygen atoms in total. The summed E-state index contributed by atoms with van der Waals surface area (Å²) in [5, 5.41) is 4.03. The molecule has 5 heteroatoms. The Balaban J connectivity index is 1.94. The molecule has 1 fully saturated rings. The predicted octanol–water partition coefficient (Wildman–Crippen LogP) is 3.35. The summed E-state index contributed by atoms with van der Waals surface area (Å²) in [5.41, 5.74) is 7.32. The lowest BCUT2D eigenvalue weighted by atomic mass is 9.85. The normalized spacial score (nSPS) is 15.8. The molecule has 0 radical (unpaired) electrons. The van der Waals surface area contributed by atoms with Gasteiger partial charge in [-0.3, -0.25) is 0 Å². The smallest absolute Gasteiger partial charge is 0.258 e. The number of rotatable bonds is 2. The first-order chi connectivity index (χ1) is 8.22. The second kappa shape index (κ2) is 4.14. The first kappa shape index (κ1) is 10.8. The van der Waals surface area contributed by atoms with E-state index in [1.807, 2.05) is 18.2 Å². The Hall–Kier alpha value is -1.36. The number of nitrogens with zero attached hydrogens (tertiary/aromatic N) is 2. The molecule has 88 valence electrons. The summed E-state index contributed by atoms with van der Waals surface area (Å²) in [6, 6.07) is 5.60. The minimum atomic E-state index is 0.483. The fourth-order valence-corrected chi connectivity index (χ4v) is 2.43. The van der Waals surface area contributed by atoms with E-state index in [9.17, 15) is 0 Å². The van der Waals surface area contributed by atoms with Crippen molar-refractivity contribution in [2.75, 3.05) is 5.73 Å². The van der Waals surface area contributed by atoms with E-state index >= 15 is 0 Å². The number of anilines is 1. The van der Waals surface area contributed by atoms with Crippen LogP contribution in [0.3, 0.4) is 0 Å². The van der Waals surface area contributed by atoms with Crippen LogP contribution in [0.25, 0.3) is 11.5 Å². The highest BCUT2D eigenvalue weighted by Crippen LogP contribution is 2.35. The Labute approximate surface area is 107 Å². The monoisotopic (exact) mass is 293 g/mol. The van der Waals surface area contributed by atoms with E-state index in [-0.39, 0.29) is 0 Å². The van der Waals surface area contributed by atoms with E-state index in [0.29, 0.717) is 17.5 Å². The predicted molar refractivity (Wildman–Crippen MR) is 68.4 cm³/mol. The van der Waals surface area contributed by atoms with E-state index in [2.05, 4.69) is 26.1 Å². The first-order valence-electron chi connectivity index (χ1n) is 5.62. The second-order valence-electron chi connectivity index (χ2n) is 4.36. The summed E-state index contributed by atoms with van der Waals surface area (Å²) in [7, 11) is 0. The van der Waals surface area contributed by atoms with Crippen molar-refractivity contribution in [2.24, 2.45) is 0 Å². The molecule has 1 aliphatic carbocycles. The van der Waals surface area contributed by atoms with E-state index in [1.165, 1.54) is 19.3 Å². The maximum atomic E-state index is 5.78. The lowest BCUT2D eigenvalue weighted by Crippen LogP contribution is -2.10. The Morgan fingerprint density at radius 1 is 1.29 bits per heavy atom. The van der Waals surface area contributed by atoms with Crippen LogP contribution in [-0.4, -0.2) is 10.1 Å². The van der Waals surface area contributed by atoms with Crippen molar-refractivity contribution in [3.63, 3.8) is 0 Å². The Kier molecular flexibility index (Phi) is 2.63. The second-order valence-corrected chi connectivity index (χ2v) is 5.27.